The van der Waals surface area contributed by atoms with Crippen LogP contribution in [0.15, 0.2) is 188 Å². The standard InChI is InChI=1S/C45H31N5/c1-5-16-33(17-6-1)43-46-44(34-18-7-2-8-19-34)48-45(47-43)50-41-27-14-13-24-39(41)40-26-15-25-38(42(40)50)32-28-30-37(31-29-32)49(35-20-9-3-10-21-35)36-22-11-4-12-23-36/h1-31H. The lowest BCUT2D eigenvalue weighted by atomic mass is 10.0. The van der Waals surface area contributed by atoms with Gasteiger partial charge in [0.15, 0.2) is 11.6 Å². The quantitative estimate of drug-likeness (QED) is 0.174. The fourth-order valence-corrected chi connectivity index (χ4v) is 6.75. The zero-order valence-corrected chi connectivity index (χ0v) is 27.1. The van der Waals surface area contributed by atoms with Gasteiger partial charge in [-0.15, -0.1) is 0 Å². The van der Waals surface area contributed by atoms with E-state index in [9.17, 15) is 0 Å². The summed E-state index contributed by atoms with van der Waals surface area (Å²) in [6.45, 7) is 0. The van der Waals surface area contributed by atoms with Crippen LogP contribution in [0.4, 0.5) is 17.1 Å². The van der Waals surface area contributed by atoms with E-state index in [4.69, 9.17) is 15.0 Å². The Morgan fingerprint density at radius 3 is 1.42 bits per heavy atom. The van der Waals surface area contributed by atoms with Gasteiger partial charge in [0, 0.05) is 44.5 Å². The Kier molecular flexibility index (Phi) is 7.41. The van der Waals surface area contributed by atoms with Crippen LogP contribution in [0.5, 0.6) is 0 Å². The van der Waals surface area contributed by atoms with E-state index in [1.54, 1.807) is 0 Å². The Labute approximate surface area is 290 Å². The molecule has 0 aliphatic carbocycles. The fourth-order valence-electron chi connectivity index (χ4n) is 6.75. The maximum atomic E-state index is 5.15. The summed E-state index contributed by atoms with van der Waals surface area (Å²) >= 11 is 0. The molecule has 2 heterocycles. The summed E-state index contributed by atoms with van der Waals surface area (Å²) in [6, 6.07) is 65.0. The molecule has 0 bridgehead atoms. The van der Waals surface area contributed by atoms with Crippen molar-refractivity contribution < 1.29 is 0 Å². The number of hydrogen-bond donors (Lipinski definition) is 0. The molecule has 0 N–H and O–H groups in total. The van der Waals surface area contributed by atoms with Crippen molar-refractivity contribution in [3.05, 3.63) is 188 Å². The first-order valence-corrected chi connectivity index (χ1v) is 16.7. The molecule has 2 aromatic heterocycles. The van der Waals surface area contributed by atoms with Crippen molar-refractivity contribution in [3.63, 3.8) is 0 Å². The van der Waals surface area contributed by atoms with Gasteiger partial charge in [0.25, 0.3) is 0 Å². The summed E-state index contributed by atoms with van der Waals surface area (Å²) in [4.78, 5) is 17.5. The van der Waals surface area contributed by atoms with E-state index in [0.29, 0.717) is 17.6 Å². The van der Waals surface area contributed by atoms with Gasteiger partial charge in [0.2, 0.25) is 5.95 Å². The Morgan fingerprint density at radius 2 is 0.840 bits per heavy atom. The lowest BCUT2D eigenvalue weighted by molar-refractivity contribution is 0.954. The molecule has 0 saturated heterocycles. The highest BCUT2D eigenvalue weighted by molar-refractivity contribution is 6.13. The third-order valence-corrected chi connectivity index (χ3v) is 9.05. The molecule has 0 aliphatic rings. The van der Waals surface area contributed by atoms with Crippen molar-refractivity contribution in [3.8, 4) is 39.9 Å². The zero-order valence-electron chi connectivity index (χ0n) is 27.1. The van der Waals surface area contributed by atoms with Crippen LogP contribution in [0.25, 0.3) is 61.7 Å². The van der Waals surface area contributed by atoms with Gasteiger partial charge >= 0.3 is 0 Å². The number of para-hydroxylation sites is 4. The second-order valence-corrected chi connectivity index (χ2v) is 12.1. The van der Waals surface area contributed by atoms with Gasteiger partial charge in [0.1, 0.15) is 0 Å². The largest absolute Gasteiger partial charge is 0.311 e. The second-order valence-electron chi connectivity index (χ2n) is 12.1. The monoisotopic (exact) mass is 641 g/mol. The molecule has 0 unspecified atom stereocenters. The summed E-state index contributed by atoms with van der Waals surface area (Å²) in [6.07, 6.45) is 0. The van der Waals surface area contributed by atoms with Crippen LogP contribution in [0.1, 0.15) is 0 Å². The molecule has 9 aromatic rings. The van der Waals surface area contributed by atoms with Crippen LogP contribution < -0.4 is 4.90 Å². The first-order chi connectivity index (χ1) is 24.8. The number of nitrogens with zero attached hydrogens (tertiary/aromatic N) is 5. The summed E-state index contributed by atoms with van der Waals surface area (Å²) in [5.41, 5.74) is 9.45. The van der Waals surface area contributed by atoms with Crippen molar-refractivity contribution in [2.75, 3.05) is 4.90 Å². The van der Waals surface area contributed by atoms with E-state index in [1.807, 2.05) is 72.8 Å². The fraction of sp³-hybridized carbons (Fsp3) is 0. The molecule has 0 saturated carbocycles. The molecule has 0 aliphatic heterocycles. The number of fused-ring (bicyclic) bond motifs is 3. The van der Waals surface area contributed by atoms with Crippen molar-refractivity contribution in [1.82, 2.24) is 19.5 Å². The van der Waals surface area contributed by atoms with Gasteiger partial charge in [-0.05, 0) is 48.0 Å². The van der Waals surface area contributed by atoms with Gasteiger partial charge in [0.05, 0.1) is 11.0 Å². The molecule has 0 amide bonds. The average Bonchev–Trinajstić information content (AvgIpc) is 3.54. The van der Waals surface area contributed by atoms with Crippen LogP contribution >= 0.6 is 0 Å². The number of rotatable bonds is 7. The Bertz CT molecular complexity index is 2470. The summed E-state index contributed by atoms with van der Waals surface area (Å²) in [7, 11) is 0. The van der Waals surface area contributed by atoms with Gasteiger partial charge in [-0.2, -0.15) is 9.97 Å². The minimum Gasteiger partial charge on any atom is -0.311 e. The summed E-state index contributed by atoms with van der Waals surface area (Å²) in [5.74, 6) is 1.83. The molecule has 5 nitrogen and oxygen atoms in total. The van der Waals surface area contributed by atoms with Crippen molar-refractivity contribution >= 4 is 38.9 Å². The van der Waals surface area contributed by atoms with Gasteiger partial charge in [-0.3, -0.25) is 4.57 Å². The first-order valence-electron chi connectivity index (χ1n) is 16.7. The van der Waals surface area contributed by atoms with E-state index in [-0.39, 0.29) is 0 Å². The van der Waals surface area contributed by atoms with Crippen LogP contribution in [0.3, 0.4) is 0 Å². The average molecular weight is 642 g/mol. The molecule has 0 spiro atoms. The SMILES string of the molecule is c1ccc(-c2nc(-c3ccccc3)nc(-n3c4ccccc4c4cccc(-c5ccc(N(c6ccccc6)c6ccccc6)cc5)c43)n2)cc1. The molecular weight excluding hydrogens is 611 g/mol. The Morgan fingerprint density at radius 1 is 0.360 bits per heavy atom. The van der Waals surface area contributed by atoms with E-state index < -0.39 is 0 Å². The van der Waals surface area contributed by atoms with Crippen molar-refractivity contribution in [2.45, 2.75) is 0 Å². The predicted molar refractivity (Wildman–Crippen MR) is 205 cm³/mol. The zero-order chi connectivity index (χ0) is 33.3. The van der Waals surface area contributed by atoms with Crippen LogP contribution in [0.2, 0.25) is 0 Å². The number of hydrogen-bond acceptors (Lipinski definition) is 4. The van der Waals surface area contributed by atoms with E-state index >= 15 is 0 Å². The molecule has 5 heteroatoms. The second kappa shape index (κ2) is 12.6. The number of aromatic nitrogens is 4. The molecule has 7 aromatic carbocycles. The third kappa shape index (κ3) is 5.27. The minimum atomic E-state index is 0.576. The highest BCUT2D eigenvalue weighted by Crippen LogP contribution is 2.40. The van der Waals surface area contributed by atoms with Crippen LogP contribution in [0, 0.1) is 0 Å². The Balaban J connectivity index is 1.25. The van der Waals surface area contributed by atoms with Crippen LogP contribution in [-0.4, -0.2) is 19.5 Å². The summed E-state index contributed by atoms with van der Waals surface area (Å²) < 4.78 is 2.20. The van der Waals surface area contributed by atoms with E-state index in [1.165, 1.54) is 0 Å². The Hall–Kier alpha value is -6.85. The number of benzene rings is 7. The van der Waals surface area contributed by atoms with Gasteiger partial charge in [-0.25, -0.2) is 4.98 Å². The first kappa shape index (κ1) is 29.3. The van der Waals surface area contributed by atoms with Crippen LogP contribution in [-0.2, 0) is 0 Å². The molecule has 0 atom stereocenters. The van der Waals surface area contributed by atoms with Crippen molar-refractivity contribution in [1.29, 1.82) is 0 Å². The topological polar surface area (TPSA) is 46.8 Å². The van der Waals surface area contributed by atoms with Gasteiger partial charge < -0.3 is 4.90 Å². The molecule has 50 heavy (non-hydrogen) atoms. The molecule has 9 rings (SSSR count). The van der Waals surface area contributed by atoms with E-state index in [0.717, 1.165) is 61.1 Å². The lowest BCUT2D eigenvalue weighted by Crippen LogP contribution is -2.09. The number of anilines is 3. The molecule has 0 radical (unpaired) electrons. The minimum absolute atomic E-state index is 0.576. The lowest BCUT2D eigenvalue weighted by Gasteiger charge is -2.25. The molecular formula is C45H31N5. The molecule has 236 valence electrons. The normalized spacial score (nSPS) is 11.2. The predicted octanol–water partition coefficient (Wildman–Crippen LogP) is 11.4. The van der Waals surface area contributed by atoms with E-state index in [2.05, 4.69) is 125 Å². The highest BCUT2D eigenvalue weighted by Gasteiger charge is 2.21. The summed E-state index contributed by atoms with van der Waals surface area (Å²) in [5, 5.41) is 2.28. The maximum absolute atomic E-state index is 5.15. The third-order valence-electron chi connectivity index (χ3n) is 9.05. The molecule has 0 fully saturated rings. The van der Waals surface area contributed by atoms with Crippen molar-refractivity contribution in [2.24, 2.45) is 0 Å². The van der Waals surface area contributed by atoms with Gasteiger partial charge in [-0.1, -0.05) is 146 Å². The smallest absolute Gasteiger partial charge is 0.238 e. The maximum Gasteiger partial charge on any atom is 0.238 e. The highest BCUT2D eigenvalue weighted by atomic mass is 15.2.